The van der Waals surface area contributed by atoms with E-state index in [9.17, 15) is 4.79 Å². The van der Waals surface area contributed by atoms with Gasteiger partial charge in [-0.3, -0.25) is 4.79 Å². The Morgan fingerprint density at radius 1 is 1.33 bits per heavy atom. The van der Waals surface area contributed by atoms with Crippen LogP contribution in [-0.4, -0.2) is 19.1 Å². The van der Waals surface area contributed by atoms with E-state index in [1.807, 2.05) is 38.1 Å². The molecule has 0 aromatic heterocycles. The highest BCUT2D eigenvalue weighted by atomic mass is 16.5. The number of rotatable bonds is 7. The Balaban J connectivity index is 2.73. The molecule has 3 N–H and O–H groups in total. The molecule has 0 spiro atoms. The van der Waals surface area contributed by atoms with E-state index in [1.54, 1.807) is 0 Å². The number of nitrogens with two attached hydrogens (primary N) is 1. The molecule has 1 aromatic rings. The predicted molar refractivity (Wildman–Crippen MR) is 73.7 cm³/mol. The quantitative estimate of drug-likeness (QED) is 0.781. The zero-order chi connectivity index (χ0) is 13.4. The van der Waals surface area contributed by atoms with Crippen LogP contribution in [0.1, 0.15) is 26.7 Å². The van der Waals surface area contributed by atoms with Crippen LogP contribution in [0.15, 0.2) is 24.3 Å². The van der Waals surface area contributed by atoms with E-state index in [0.29, 0.717) is 24.6 Å². The number of amides is 1. The van der Waals surface area contributed by atoms with Crippen LogP contribution >= 0.6 is 0 Å². The summed E-state index contributed by atoms with van der Waals surface area (Å²) >= 11 is 0. The van der Waals surface area contributed by atoms with E-state index < -0.39 is 0 Å². The fourth-order valence-electron chi connectivity index (χ4n) is 1.76. The third-order valence-corrected chi connectivity index (χ3v) is 2.88. The minimum atomic E-state index is 0.0452. The highest BCUT2D eigenvalue weighted by molar-refractivity contribution is 5.93. The Morgan fingerprint density at radius 3 is 2.61 bits per heavy atom. The van der Waals surface area contributed by atoms with Gasteiger partial charge in [0.2, 0.25) is 5.91 Å². The summed E-state index contributed by atoms with van der Waals surface area (Å²) in [5.41, 5.74) is 6.12. The largest absolute Gasteiger partial charge is 0.490 e. The van der Waals surface area contributed by atoms with Crippen molar-refractivity contribution in [3.8, 4) is 5.75 Å². The molecule has 0 fully saturated rings. The van der Waals surface area contributed by atoms with Gasteiger partial charge in [0.25, 0.3) is 0 Å². The van der Waals surface area contributed by atoms with Gasteiger partial charge in [0.1, 0.15) is 12.4 Å². The molecule has 0 bridgehead atoms. The minimum absolute atomic E-state index is 0.0452. The lowest BCUT2D eigenvalue weighted by Gasteiger charge is -2.15. The molecular weight excluding hydrogens is 228 g/mol. The number of carbonyl (C=O) groups is 1. The zero-order valence-corrected chi connectivity index (χ0v) is 11.1. The number of anilines is 1. The first-order valence-electron chi connectivity index (χ1n) is 6.45. The highest BCUT2D eigenvalue weighted by Crippen LogP contribution is 2.24. The van der Waals surface area contributed by atoms with Gasteiger partial charge in [-0.05, 0) is 25.0 Å². The molecule has 0 atom stereocenters. The van der Waals surface area contributed by atoms with E-state index in [0.717, 1.165) is 12.8 Å². The lowest BCUT2D eigenvalue weighted by atomic mass is 10.0. The van der Waals surface area contributed by atoms with E-state index in [2.05, 4.69) is 5.32 Å². The van der Waals surface area contributed by atoms with Gasteiger partial charge in [-0.15, -0.1) is 0 Å². The number of hydrogen-bond donors (Lipinski definition) is 2. The monoisotopic (exact) mass is 250 g/mol. The van der Waals surface area contributed by atoms with Gasteiger partial charge < -0.3 is 15.8 Å². The fraction of sp³-hybridized carbons (Fsp3) is 0.500. The van der Waals surface area contributed by atoms with Gasteiger partial charge in [0.05, 0.1) is 5.69 Å². The molecule has 4 nitrogen and oxygen atoms in total. The average Bonchev–Trinajstić information content (AvgIpc) is 2.39. The maximum atomic E-state index is 12.0. The maximum absolute atomic E-state index is 12.0. The SMILES string of the molecule is CCC(CC)C(=O)Nc1ccccc1OCCN. The Hall–Kier alpha value is -1.55. The third kappa shape index (κ3) is 4.04. The first kappa shape index (κ1) is 14.5. The number of para-hydroxylation sites is 2. The van der Waals surface area contributed by atoms with E-state index in [4.69, 9.17) is 10.5 Å². The van der Waals surface area contributed by atoms with Gasteiger partial charge in [0, 0.05) is 12.5 Å². The van der Waals surface area contributed by atoms with Crippen LogP contribution in [0.4, 0.5) is 5.69 Å². The van der Waals surface area contributed by atoms with Crippen LogP contribution < -0.4 is 15.8 Å². The maximum Gasteiger partial charge on any atom is 0.227 e. The van der Waals surface area contributed by atoms with Crippen molar-refractivity contribution in [2.24, 2.45) is 11.7 Å². The second-order valence-corrected chi connectivity index (χ2v) is 4.14. The molecule has 4 heteroatoms. The molecular formula is C14H22N2O2. The van der Waals surface area contributed by atoms with Crippen molar-refractivity contribution in [3.05, 3.63) is 24.3 Å². The van der Waals surface area contributed by atoms with Crippen LogP contribution in [0.25, 0.3) is 0 Å². The van der Waals surface area contributed by atoms with E-state index in [-0.39, 0.29) is 11.8 Å². The van der Waals surface area contributed by atoms with Crippen molar-refractivity contribution in [3.63, 3.8) is 0 Å². The van der Waals surface area contributed by atoms with Crippen LogP contribution in [0.5, 0.6) is 5.75 Å². The number of nitrogens with one attached hydrogen (secondary N) is 1. The summed E-state index contributed by atoms with van der Waals surface area (Å²) in [5.74, 6) is 0.763. The Kier molecular flexibility index (Phi) is 6.22. The smallest absolute Gasteiger partial charge is 0.227 e. The van der Waals surface area contributed by atoms with Crippen molar-refractivity contribution < 1.29 is 9.53 Å². The van der Waals surface area contributed by atoms with Crippen LogP contribution in [0.3, 0.4) is 0 Å². The van der Waals surface area contributed by atoms with E-state index >= 15 is 0 Å². The Bertz CT molecular complexity index is 376. The summed E-state index contributed by atoms with van der Waals surface area (Å²) in [7, 11) is 0. The Morgan fingerprint density at radius 2 is 2.00 bits per heavy atom. The number of ether oxygens (including phenoxy) is 1. The van der Waals surface area contributed by atoms with Gasteiger partial charge in [-0.1, -0.05) is 26.0 Å². The van der Waals surface area contributed by atoms with Gasteiger partial charge >= 0.3 is 0 Å². The van der Waals surface area contributed by atoms with Gasteiger partial charge in [-0.25, -0.2) is 0 Å². The number of carbonyl (C=O) groups excluding carboxylic acids is 1. The van der Waals surface area contributed by atoms with Crippen molar-refractivity contribution in [1.82, 2.24) is 0 Å². The van der Waals surface area contributed by atoms with Crippen molar-refractivity contribution >= 4 is 11.6 Å². The minimum Gasteiger partial charge on any atom is -0.490 e. The summed E-state index contributed by atoms with van der Waals surface area (Å²) in [5, 5.41) is 2.92. The summed E-state index contributed by atoms with van der Waals surface area (Å²) < 4.78 is 5.49. The standard InChI is InChI=1S/C14H22N2O2/c1-3-11(4-2)14(17)16-12-7-5-6-8-13(12)18-10-9-15/h5-8,11H,3-4,9-10,15H2,1-2H3,(H,16,17). The van der Waals surface area contributed by atoms with Crippen molar-refractivity contribution in [2.45, 2.75) is 26.7 Å². The second-order valence-electron chi connectivity index (χ2n) is 4.14. The molecule has 0 saturated carbocycles. The molecule has 0 saturated heterocycles. The lowest BCUT2D eigenvalue weighted by Crippen LogP contribution is -2.22. The summed E-state index contributed by atoms with van der Waals surface area (Å²) in [4.78, 5) is 12.0. The zero-order valence-electron chi connectivity index (χ0n) is 11.1. The molecule has 18 heavy (non-hydrogen) atoms. The molecule has 0 heterocycles. The molecule has 0 aliphatic rings. The van der Waals surface area contributed by atoms with Crippen molar-refractivity contribution in [1.29, 1.82) is 0 Å². The fourth-order valence-corrected chi connectivity index (χ4v) is 1.76. The normalized spacial score (nSPS) is 10.4. The molecule has 1 amide bonds. The third-order valence-electron chi connectivity index (χ3n) is 2.88. The Labute approximate surface area is 109 Å². The second kappa shape index (κ2) is 7.71. The van der Waals surface area contributed by atoms with Crippen LogP contribution in [-0.2, 0) is 4.79 Å². The van der Waals surface area contributed by atoms with Gasteiger partial charge in [-0.2, -0.15) is 0 Å². The first-order valence-corrected chi connectivity index (χ1v) is 6.45. The molecule has 1 rings (SSSR count). The number of benzene rings is 1. The molecule has 100 valence electrons. The molecule has 1 aromatic carbocycles. The molecule has 0 aliphatic heterocycles. The summed E-state index contributed by atoms with van der Waals surface area (Å²) in [6, 6.07) is 7.42. The highest BCUT2D eigenvalue weighted by Gasteiger charge is 2.15. The topological polar surface area (TPSA) is 64.3 Å². The van der Waals surface area contributed by atoms with Crippen LogP contribution in [0.2, 0.25) is 0 Å². The predicted octanol–water partition coefficient (Wildman–Crippen LogP) is 2.40. The first-order chi connectivity index (χ1) is 8.72. The summed E-state index contributed by atoms with van der Waals surface area (Å²) in [6.07, 6.45) is 1.68. The number of hydrogen-bond acceptors (Lipinski definition) is 3. The van der Waals surface area contributed by atoms with E-state index in [1.165, 1.54) is 0 Å². The van der Waals surface area contributed by atoms with Gasteiger partial charge in [0.15, 0.2) is 0 Å². The molecule has 0 radical (unpaired) electrons. The lowest BCUT2D eigenvalue weighted by molar-refractivity contribution is -0.120. The molecule has 0 aliphatic carbocycles. The molecule has 0 unspecified atom stereocenters. The van der Waals surface area contributed by atoms with Crippen LogP contribution in [0, 0.1) is 5.92 Å². The summed E-state index contributed by atoms with van der Waals surface area (Å²) in [6.45, 7) is 4.93. The van der Waals surface area contributed by atoms with Crippen molar-refractivity contribution in [2.75, 3.05) is 18.5 Å². The average molecular weight is 250 g/mol.